The van der Waals surface area contributed by atoms with Crippen molar-refractivity contribution in [2.75, 3.05) is 17.7 Å². The summed E-state index contributed by atoms with van der Waals surface area (Å²) in [5.74, 6) is 5.89. The number of benzene rings is 1. The van der Waals surface area contributed by atoms with Crippen LogP contribution < -0.4 is 16.9 Å². The number of amides is 3. The maximum absolute atomic E-state index is 13.3. The number of nitrogens with two attached hydrogens (primary N) is 2. The molecule has 5 rings (SSSR count). The number of carbonyl (C=O) groups is 3. The quantitative estimate of drug-likeness (QED) is 0.242. The second-order valence-electron chi connectivity index (χ2n) is 9.69. The molecule has 1 atom stereocenters. The standard InChI is InChI=1S/C28H28N8O3/c29-16-20(15-17-7-8-17)28(39)35-14-4-2-5-21(35)26-34-23(24(25(30)37)36(26)31)18-9-11-19(12-10-18)27(38)33-22-6-1-3-13-32-22/h1,3,6,9-13,15,17,21H,2,4-5,7-8,14,31H2,(H2,30,37)(H,32,33,38)/b20-15+. The van der Waals surface area contributed by atoms with Gasteiger partial charge in [-0.05, 0) is 62.3 Å². The van der Waals surface area contributed by atoms with E-state index in [2.05, 4.69) is 15.3 Å². The fourth-order valence-electron chi connectivity index (χ4n) is 4.78. The van der Waals surface area contributed by atoms with Gasteiger partial charge in [-0.1, -0.05) is 24.3 Å². The van der Waals surface area contributed by atoms with Crippen molar-refractivity contribution in [3.8, 4) is 17.3 Å². The molecule has 1 saturated carbocycles. The average Bonchev–Trinajstić information content (AvgIpc) is 3.71. The third-order valence-electron chi connectivity index (χ3n) is 6.94. The molecule has 3 heterocycles. The summed E-state index contributed by atoms with van der Waals surface area (Å²) in [4.78, 5) is 48.8. The zero-order valence-electron chi connectivity index (χ0n) is 21.2. The molecule has 11 heteroatoms. The van der Waals surface area contributed by atoms with Crippen LogP contribution in [-0.4, -0.2) is 43.8 Å². The van der Waals surface area contributed by atoms with Gasteiger partial charge < -0.3 is 21.8 Å². The van der Waals surface area contributed by atoms with Crippen LogP contribution in [0, 0.1) is 17.2 Å². The Morgan fingerprint density at radius 3 is 2.49 bits per heavy atom. The molecule has 5 N–H and O–H groups in total. The lowest BCUT2D eigenvalue weighted by molar-refractivity contribution is -0.130. The van der Waals surface area contributed by atoms with Crippen LogP contribution in [0.3, 0.4) is 0 Å². The number of pyridine rings is 1. The zero-order valence-corrected chi connectivity index (χ0v) is 21.2. The number of piperidine rings is 1. The van der Waals surface area contributed by atoms with Crippen molar-refractivity contribution in [2.24, 2.45) is 11.7 Å². The van der Waals surface area contributed by atoms with Crippen LogP contribution in [0.1, 0.15) is 64.8 Å². The number of imidazole rings is 1. The Morgan fingerprint density at radius 1 is 1.08 bits per heavy atom. The third-order valence-corrected chi connectivity index (χ3v) is 6.94. The summed E-state index contributed by atoms with van der Waals surface area (Å²) in [7, 11) is 0. The summed E-state index contributed by atoms with van der Waals surface area (Å²) in [5, 5.41) is 12.3. The lowest BCUT2D eigenvalue weighted by Gasteiger charge is -2.35. The molecule has 11 nitrogen and oxygen atoms in total. The highest BCUT2D eigenvalue weighted by Crippen LogP contribution is 2.36. The highest BCUT2D eigenvalue weighted by atomic mass is 16.2. The van der Waals surface area contributed by atoms with Gasteiger partial charge in [0.2, 0.25) is 0 Å². The van der Waals surface area contributed by atoms with Crippen LogP contribution in [0.15, 0.2) is 60.3 Å². The van der Waals surface area contributed by atoms with E-state index >= 15 is 0 Å². The van der Waals surface area contributed by atoms with Gasteiger partial charge in [0, 0.05) is 23.9 Å². The summed E-state index contributed by atoms with van der Waals surface area (Å²) >= 11 is 0. The molecule has 1 saturated heterocycles. The minimum atomic E-state index is -0.775. The van der Waals surface area contributed by atoms with Gasteiger partial charge in [-0.15, -0.1) is 0 Å². The first-order chi connectivity index (χ1) is 18.9. The molecule has 1 aliphatic carbocycles. The number of hydrogen-bond acceptors (Lipinski definition) is 7. The largest absolute Gasteiger partial charge is 0.364 e. The van der Waals surface area contributed by atoms with E-state index in [0.717, 1.165) is 30.4 Å². The van der Waals surface area contributed by atoms with E-state index in [9.17, 15) is 19.6 Å². The molecule has 3 aromatic rings. The fourth-order valence-corrected chi connectivity index (χ4v) is 4.78. The number of primary amides is 1. The average molecular weight is 525 g/mol. The van der Waals surface area contributed by atoms with E-state index in [4.69, 9.17) is 11.6 Å². The van der Waals surface area contributed by atoms with Crippen molar-refractivity contribution in [3.63, 3.8) is 0 Å². The minimum Gasteiger partial charge on any atom is -0.364 e. The number of nitrogens with one attached hydrogen (secondary N) is 1. The van der Waals surface area contributed by atoms with E-state index in [1.54, 1.807) is 59.6 Å². The molecule has 1 aliphatic heterocycles. The summed E-state index contributed by atoms with van der Waals surface area (Å²) in [6, 6.07) is 13.2. The number of nitriles is 1. The van der Waals surface area contributed by atoms with Crippen LogP contribution in [-0.2, 0) is 4.79 Å². The van der Waals surface area contributed by atoms with E-state index in [1.807, 2.05) is 6.07 Å². The van der Waals surface area contributed by atoms with Crippen LogP contribution in [0.4, 0.5) is 5.82 Å². The first-order valence-corrected chi connectivity index (χ1v) is 12.8. The van der Waals surface area contributed by atoms with Gasteiger partial charge in [-0.3, -0.25) is 14.4 Å². The Morgan fingerprint density at radius 2 is 1.85 bits per heavy atom. The molecular weight excluding hydrogens is 496 g/mol. The first-order valence-electron chi connectivity index (χ1n) is 12.8. The Labute approximate surface area is 225 Å². The van der Waals surface area contributed by atoms with Crippen LogP contribution in [0.5, 0.6) is 0 Å². The van der Waals surface area contributed by atoms with Crippen molar-refractivity contribution >= 4 is 23.5 Å². The predicted octanol–water partition coefficient (Wildman–Crippen LogP) is 2.92. The summed E-state index contributed by atoms with van der Waals surface area (Å²) < 4.78 is 1.15. The second-order valence-corrected chi connectivity index (χ2v) is 9.69. The minimum absolute atomic E-state index is 0.0114. The molecular formula is C28H28N8O3. The molecule has 0 spiro atoms. The Kier molecular flexibility index (Phi) is 7.10. The number of allylic oxidation sites excluding steroid dienone is 1. The summed E-state index contributed by atoms with van der Waals surface area (Å²) in [5.41, 5.74) is 6.98. The van der Waals surface area contributed by atoms with E-state index in [0.29, 0.717) is 35.7 Å². The van der Waals surface area contributed by atoms with Gasteiger partial charge >= 0.3 is 0 Å². The molecule has 0 radical (unpaired) electrons. The SMILES string of the molecule is N#C/C(=C\C1CC1)C(=O)N1CCCCC1c1nc(-c2ccc(C(=O)Nc3ccccn3)cc2)c(C(N)=O)n1N. The van der Waals surface area contributed by atoms with Crippen LogP contribution in [0.2, 0.25) is 0 Å². The molecule has 198 valence electrons. The number of rotatable bonds is 7. The maximum Gasteiger partial charge on any atom is 0.269 e. The predicted molar refractivity (Wildman–Crippen MR) is 143 cm³/mol. The Balaban J connectivity index is 1.45. The molecule has 2 fully saturated rings. The molecule has 39 heavy (non-hydrogen) atoms. The van der Waals surface area contributed by atoms with Crippen LogP contribution >= 0.6 is 0 Å². The molecule has 0 bridgehead atoms. The monoisotopic (exact) mass is 524 g/mol. The molecule has 2 aromatic heterocycles. The van der Waals surface area contributed by atoms with Crippen molar-refractivity contribution in [1.82, 2.24) is 19.5 Å². The Hall–Kier alpha value is -4.98. The topological polar surface area (TPSA) is 173 Å². The number of hydrogen-bond donors (Lipinski definition) is 3. The lowest BCUT2D eigenvalue weighted by atomic mass is 10.00. The first kappa shape index (κ1) is 25.7. The number of nitrogen functional groups attached to an aromatic ring is 1. The molecule has 1 aromatic carbocycles. The summed E-state index contributed by atoms with van der Waals surface area (Å²) in [6.45, 7) is 0.446. The van der Waals surface area contributed by atoms with E-state index < -0.39 is 11.9 Å². The third kappa shape index (κ3) is 5.36. The van der Waals surface area contributed by atoms with Gasteiger partial charge in [0.1, 0.15) is 23.2 Å². The highest BCUT2D eigenvalue weighted by Gasteiger charge is 2.36. The zero-order chi connectivity index (χ0) is 27.5. The van der Waals surface area contributed by atoms with Gasteiger partial charge in [0.25, 0.3) is 17.7 Å². The highest BCUT2D eigenvalue weighted by molar-refractivity contribution is 6.04. The number of nitrogens with zero attached hydrogens (tertiary/aromatic N) is 5. The van der Waals surface area contributed by atoms with Crippen molar-refractivity contribution in [3.05, 3.63) is 77.4 Å². The number of aromatic nitrogens is 3. The number of likely N-dealkylation sites (tertiary alicyclic amines) is 1. The number of carbonyl (C=O) groups excluding carboxylic acids is 3. The summed E-state index contributed by atoms with van der Waals surface area (Å²) in [6.07, 6.45) is 7.47. The fraction of sp³-hybridized carbons (Fsp3) is 0.286. The van der Waals surface area contributed by atoms with E-state index in [1.165, 1.54) is 0 Å². The molecule has 3 amide bonds. The van der Waals surface area contributed by atoms with Crippen molar-refractivity contribution in [2.45, 2.75) is 38.1 Å². The van der Waals surface area contributed by atoms with Crippen molar-refractivity contribution < 1.29 is 14.4 Å². The number of anilines is 1. The van der Waals surface area contributed by atoms with Gasteiger partial charge in [-0.2, -0.15) is 5.26 Å². The molecule has 2 aliphatic rings. The van der Waals surface area contributed by atoms with E-state index in [-0.39, 0.29) is 34.7 Å². The van der Waals surface area contributed by atoms with Crippen molar-refractivity contribution in [1.29, 1.82) is 5.26 Å². The lowest BCUT2D eigenvalue weighted by Crippen LogP contribution is -2.41. The normalized spacial score (nSPS) is 17.4. The van der Waals surface area contributed by atoms with Crippen LogP contribution in [0.25, 0.3) is 11.3 Å². The molecule has 1 unspecified atom stereocenters. The van der Waals surface area contributed by atoms with Gasteiger partial charge in [-0.25, -0.2) is 14.6 Å². The Bertz CT molecular complexity index is 1480. The second kappa shape index (κ2) is 10.8. The smallest absolute Gasteiger partial charge is 0.269 e. The maximum atomic E-state index is 13.3. The van der Waals surface area contributed by atoms with Gasteiger partial charge in [0.15, 0.2) is 11.5 Å². The van der Waals surface area contributed by atoms with Gasteiger partial charge in [0.05, 0.1) is 6.04 Å².